The van der Waals surface area contributed by atoms with Crippen LogP contribution in [0.15, 0.2) is 54.9 Å². The van der Waals surface area contributed by atoms with E-state index in [1.807, 2.05) is 19.1 Å². The number of hydrogen-bond donors (Lipinski definition) is 2. The number of aromatic nitrogens is 3. The Bertz CT molecular complexity index is 868. The number of carbonyl (C=O) groups is 1. The Kier molecular flexibility index (Phi) is 5.20. The van der Waals surface area contributed by atoms with Crippen LogP contribution in [-0.2, 0) is 6.54 Å². The number of hydrogen-bond acceptors (Lipinski definition) is 5. The largest absolute Gasteiger partial charge is 0.364 e. The molecule has 2 heterocycles. The minimum Gasteiger partial charge on any atom is -0.364 e. The van der Waals surface area contributed by atoms with Gasteiger partial charge in [-0.3, -0.25) is 9.78 Å². The van der Waals surface area contributed by atoms with Gasteiger partial charge in [-0.15, -0.1) is 10.2 Å². The highest BCUT2D eigenvalue weighted by molar-refractivity contribution is 6.31. The summed E-state index contributed by atoms with van der Waals surface area (Å²) in [5.41, 5.74) is 2.71. The van der Waals surface area contributed by atoms with Crippen molar-refractivity contribution in [3.63, 3.8) is 0 Å². The summed E-state index contributed by atoms with van der Waals surface area (Å²) >= 11 is 6.06. The van der Waals surface area contributed by atoms with Crippen molar-refractivity contribution in [2.75, 3.05) is 10.6 Å². The maximum absolute atomic E-state index is 12.3. The van der Waals surface area contributed by atoms with Gasteiger partial charge in [0, 0.05) is 29.6 Å². The predicted octanol–water partition coefficient (Wildman–Crippen LogP) is 3.70. The number of nitrogens with zero attached hydrogens (tertiary/aromatic N) is 3. The van der Waals surface area contributed by atoms with E-state index in [-0.39, 0.29) is 11.6 Å². The Balaban J connectivity index is 1.63. The molecule has 0 fully saturated rings. The normalized spacial score (nSPS) is 10.3. The second-order valence-electron chi connectivity index (χ2n) is 5.39. The lowest BCUT2D eigenvalue weighted by Gasteiger charge is -2.09. The lowest BCUT2D eigenvalue weighted by molar-refractivity contribution is 0.102. The zero-order valence-electron chi connectivity index (χ0n) is 13.5. The van der Waals surface area contributed by atoms with Gasteiger partial charge in [-0.2, -0.15) is 0 Å². The molecule has 0 aliphatic carbocycles. The van der Waals surface area contributed by atoms with Crippen LogP contribution in [0.4, 0.5) is 11.5 Å². The summed E-state index contributed by atoms with van der Waals surface area (Å²) in [4.78, 5) is 16.3. The van der Waals surface area contributed by atoms with Crippen LogP contribution in [-0.4, -0.2) is 21.1 Å². The van der Waals surface area contributed by atoms with E-state index < -0.39 is 0 Å². The highest BCUT2D eigenvalue weighted by atomic mass is 35.5. The van der Waals surface area contributed by atoms with E-state index in [0.29, 0.717) is 23.1 Å². The molecule has 0 unspecified atom stereocenters. The van der Waals surface area contributed by atoms with Gasteiger partial charge in [-0.05, 0) is 48.4 Å². The Morgan fingerprint density at radius 3 is 2.72 bits per heavy atom. The van der Waals surface area contributed by atoms with Crippen molar-refractivity contribution in [2.45, 2.75) is 13.5 Å². The number of pyridine rings is 1. The van der Waals surface area contributed by atoms with Crippen molar-refractivity contribution in [3.05, 3.63) is 76.7 Å². The fourth-order valence-electron chi connectivity index (χ4n) is 2.17. The summed E-state index contributed by atoms with van der Waals surface area (Å²) in [5, 5.41) is 14.5. The number of nitrogens with one attached hydrogen (secondary N) is 2. The van der Waals surface area contributed by atoms with E-state index >= 15 is 0 Å². The molecule has 0 saturated carbocycles. The standard InChI is InChI=1S/C18H16ClN5O/c1-12-14(19)5-2-6-15(12)22-18(25)16-7-8-17(24-23-16)21-11-13-4-3-9-20-10-13/h2-10H,11H2,1H3,(H,21,24)(H,22,25). The molecule has 25 heavy (non-hydrogen) atoms. The zero-order valence-corrected chi connectivity index (χ0v) is 14.3. The monoisotopic (exact) mass is 353 g/mol. The quantitative estimate of drug-likeness (QED) is 0.731. The molecule has 6 nitrogen and oxygen atoms in total. The van der Waals surface area contributed by atoms with E-state index in [4.69, 9.17) is 11.6 Å². The molecule has 3 rings (SSSR count). The first-order valence-electron chi connectivity index (χ1n) is 7.66. The van der Waals surface area contributed by atoms with Crippen LogP contribution >= 0.6 is 11.6 Å². The van der Waals surface area contributed by atoms with E-state index in [2.05, 4.69) is 25.8 Å². The molecule has 0 aliphatic rings. The molecule has 2 aromatic heterocycles. The third kappa shape index (κ3) is 4.30. The highest BCUT2D eigenvalue weighted by Crippen LogP contribution is 2.23. The molecule has 0 atom stereocenters. The Morgan fingerprint density at radius 2 is 2.00 bits per heavy atom. The van der Waals surface area contributed by atoms with E-state index in [9.17, 15) is 4.79 Å². The number of rotatable bonds is 5. The fraction of sp³-hybridized carbons (Fsp3) is 0.111. The molecular formula is C18H16ClN5O. The average Bonchev–Trinajstić information content (AvgIpc) is 2.65. The molecule has 1 aromatic carbocycles. The molecular weight excluding hydrogens is 338 g/mol. The van der Waals surface area contributed by atoms with Crippen molar-refractivity contribution in [1.29, 1.82) is 0 Å². The van der Waals surface area contributed by atoms with Crippen LogP contribution in [0.1, 0.15) is 21.6 Å². The SMILES string of the molecule is Cc1c(Cl)cccc1NC(=O)c1ccc(NCc2cccnc2)nn1. The van der Waals surface area contributed by atoms with Gasteiger partial charge < -0.3 is 10.6 Å². The summed E-state index contributed by atoms with van der Waals surface area (Å²) in [7, 11) is 0. The number of amides is 1. The molecule has 0 saturated heterocycles. The highest BCUT2D eigenvalue weighted by Gasteiger charge is 2.11. The first-order chi connectivity index (χ1) is 12.1. The number of anilines is 2. The van der Waals surface area contributed by atoms with Crippen molar-refractivity contribution in [2.24, 2.45) is 0 Å². The summed E-state index contributed by atoms with van der Waals surface area (Å²) < 4.78 is 0. The molecule has 0 aliphatic heterocycles. The third-order valence-corrected chi connectivity index (χ3v) is 4.02. The van der Waals surface area contributed by atoms with Crippen LogP contribution in [0.25, 0.3) is 0 Å². The van der Waals surface area contributed by atoms with E-state index in [1.165, 1.54) is 0 Å². The zero-order chi connectivity index (χ0) is 17.6. The summed E-state index contributed by atoms with van der Waals surface area (Å²) in [6.07, 6.45) is 3.49. The smallest absolute Gasteiger partial charge is 0.276 e. The number of benzene rings is 1. The van der Waals surface area contributed by atoms with Gasteiger partial charge in [-0.25, -0.2) is 0 Å². The minimum absolute atomic E-state index is 0.228. The van der Waals surface area contributed by atoms with Gasteiger partial charge in [0.2, 0.25) is 0 Å². The van der Waals surface area contributed by atoms with Crippen LogP contribution < -0.4 is 10.6 Å². The first-order valence-corrected chi connectivity index (χ1v) is 8.04. The first kappa shape index (κ1) is 16.9. The summed E-state index contributed by atoms with van der Waals surface area (Å²) in [6.45, 7) is 2.42. The number of carbonyl (C=O) groups excluding carboxylic acids is 1. The van der Waals surface area contributed by atoms with Crippen LogP contribution in [0.2, 0.25) is 5.02 Å². The third-order valence-electron chi connectivity index (χ3n) is 3.61. The maximum atomic E-state index is 12.3. The molecule has 7 heteroatoms. The maximum Gasteiger partial charge on any atom is 0.276 e. The lowest BCUT2D eigenvalue weighted by Crippen LogP contribution is -2.15. The molecule has 0 radical (unpaired) electrons. The van der Waals surface area contributed by atoms with Gasteiger partial charge in [0.05, 0.1) is 0 Å². The summed E-state index contributed by atoms with van der Waals surface area (Å²) in [5.74, 6) is 0.246. The second kappa shape index (κ2) is 7.72. The molecule has 0 spiro atoms. The second-order valence-corrected chi connectivity index (χ2v) is 5.79. The Morgan fingerprint density at radius 1 is 1.12 bits per heavy atom. The van der Waals surface area contributed by atoms with Crippen molar-refractivity contribution in [3.8, 4) is 0 Å². The van der Waals surface area contributed by atoms with Gasteiger partial charge in [0.25, 0.3) is 5.91 Å². The molecule has 1 amide bonds. The fourth-order valence-corrected chi connectivity index (χ4v) is 2.35. The molecule has 126 valence electrons. The number of halogens is 1. The predicted molar refractivity (Wildman–Crippen MR) is 97.7 cm³/mol. The molecule has 0 bridgehead atoms. The van der Waals surface area contributed by atoms with Gasteiger partial charge in [0.1, 0.15) is 5.82 Å². The van der Waals surface area contributed by atoms with Crippen LogP contribution in [0, 0.1) is 6.92 Å². The van der Waals surface area contributed by atoms with Crippen LogP contribution in [0.3, 0.4) is 0 Å². The Labute approximate surface area is 150 Å². The van der Waals surface area contributed by atoms with Crippen molar-refractivity contribution < 1.29 is 4.79 Å². The Hall–Kier alpha value is -2.99. The molecule has 2 N–H and O–H groups in total. The molecule has 3 aromatic rings. The lowest BCUT2D eigenvalue weighted by atomic mass is 10.2. The van der Waals surface area contributed by atoms with Gasteiger partial charge in [0.15, 0.2) is 5.69 Å². The van der Waals surface area contributed by atoms with E-state index in [1.54, 1.807) is 42.7 Å². The van der Waals surface area contributed by atoms with Gasteiger partial charge >= 0.3 is 0 Å². The average molecular weight is 354 g/mol. The van der Waals surface area contributed by atoms with Gasteiger partial charge in [-0.1, -0.05) is 23.7 Å². The van der Waals surface area contributed by atoms with Crippen molar-refractivity contribution in [1.82, 2.24) is 15.2 Å². The van der Waals surface area contributed by atoms with E-state index in [0.717, 1.165) is 11.1 Å². The topological polar surface area (TPSA) is 79.8 Å². The van der Waals surface area contributed by atoms with Crippen molar-refractivity contribution >= 4 is 29.0 Å². The minimum atomic E-state index is -0.336. The van der Waals surface area contributed by atoms with Crippen LogP contribution in [0.5, 0.6) is 0 Å². The summed E-state index contributed by atoms with van der Waals surface area (Å²) in [6, 6.07) is 12.5.